The summed E-state index contributed by atoms with van der Waals surface area (Å²) in [7, 11) is 1.66. The van der Waals surface area contributed by atoms with Crippen molar-refractivity contribution in [2.75, 3.05) is 19.0 Å². The lowest BCUT2D eigenvalue weighted by Crippen LogP contribution is -2.39. The normalized spacial score (nSPS) is 12.5. The molecule has 0 radical (unpaired) electrons. The molecule has 1 aromatic carbocycles. The fourth-order valence-electron chi connectivity index (χ4n) is 1.59. The summed E-state index contributed by atoms with van der Waals surface area (Å²) in [5.74, 6) is -0.0222. The van der Waals surface area contributed by atoms with Crippen LogP contribution in [0.15, 0.2) is 24.3 Å². The van der Waals surface area contributed by atoms with Crippen LogP contribution in [0, 0.1) is 5.92 Å². The number of methoxy groups -OCH3 is 1. The van der Waals surface area contributed by atoms with E-state index in [1.165, 1.54) is 0 Å². The quantitative estimate of drug-likeness (QED) is 0.809. The second kappa shape index (κ2) is 7.13. The third-order valence-electron chi connectivity index (χ3n) is 2.87. The number of ether oxygens (including phenoxy) is 1. The Balaban J connectivity index is 2.74. The van der Waals surface area contributed by atoms with E-state index in [2.05, 4.69) is 5.32 Å². The van der Waals surface area contributed by atoms with Crippen LogP contribution in [0.2, 0.25) is 0 Å². The molecule has 0 saturated carbocycles. The molecular formula is C14H22N2O2. The van der Waals surface area contributed by atoms with E-state index in [0.717, 1.165) is 17.7 Å². The van der Waals surface area contributed by atoms with Gasteiger partial charge in [0.05, 0.1) is 12.6 Å². The Kier molecular flexibility index (Phi) is 5.82. The van der Waals surface area contributed by atoms with Gasteiger partial charge >= 0.3 is 0 Å². The second-order valence-corrected chi connectivity index (χ2v) is 4.66. The minimum absolute atomic E-state index is 0.121. The number of hydrogen-bond donors (Lipinski definition) is 2. The predicted molar refractivity (Wildman–Crippen MR) is 73.5 cm³/mol. The topological polar surface area (TPSA) is 64.3 Å². The highest BCUT2D eigenvalue weighted by molar-refractivity contribution is 5.95. The molecule has 0 aliphatic carbocycles. The van der Waals surface area contributed by atoms with Gasteiger partial charge in [0, 0.05) is 12.8 Å². The van der Waals surface area contributed by atoms with E-state index in [1.54, 1.807) is 7.11 Å². The number of anilines is 1. The molecule has 1 rings (SSSR count). The van der Waals surface area contributed by atoms with Gasteiger partial charge in [0.2, 0.25) is 5.91 Å². The van der Waals surface area contributed by atoms with Crippen molar-refractivity contribution in [1.29, 1.82) is 0 Å². The standard InChI is InChI=1S/C14H22N2O2/c1-10(2)13(15)14(17)16-12-7-5-4-6-11(12)8-9-18-3/h4-7,10,13H,8-9,15H2,1-3H3,(H,16,17)/t13-/m1/s1. The second-order valence-electron chi connectivity index (χ2n) is 4.66. The molecule has 0 heterocycles. The monoisotopic (exact) mass is 250 g/mol. The third-order valence-corrected chi connectivity index (χ3v) is 2.87. The molecule has 0 aliphatic rings. The fourth-order valence-corrected chi connectivity index (χ4v) is 1.59. The lowest BCUT2D eigenvalue weighted by Gasteiger charge is -2.17. The van der Waals surface area contributed by atoms with E-state index >= 15 is 0 Å². The summed E-state index contributed by atoms with van der Waals surface area (Å²) in [4.78, 5) is 11.9. The van der Waals surface area contributed by atoms with Gasteiger partial charge in [-0.3, -0.25) is 4.79 Å². The van der Waals surface area contributed by atoms with Gasteiger partial charge in [0.25, 0.3) is 0 Å². The highest BCUT2D eigenvalue weighted by Gasteiger charge is 2.17. The molecule has 1 amide bonds. The molecule has 4 nitrogen and oxygen atoms in total. The van der Waals surface area contributed by atoms with Crippen LogP contribution >= 0.6 is 0 Å². The molecule has 1 atom stereocenters. The highest BCUT2D eigenvalue weighted by atomic mass is 16.5. The van der Waals surface area contributed by atoms with Crippen molar-refractivity contribution < 1.29 is 9.53 Å². The lowest BCUT2D eigenvalue weighted by molar-refractivity contribution is -0.118. The van der Waals surface area contributed by atoms with Gasteiger partial charge in [0.15, 0.2) is 0 Å². The molecule has 0 bridgehead atoms. The zero-order valence-corrected chi connectivity index (χ0v) is 11.3. The number of rotatable bonds is 6. The molecule has 0 unspecified atom stereocenters. The number of hydrogen-bond acceptors (Lipinski definition) is 3. The first-order chi connectivity index (χ1) is 8.56. The van der Waals surface area contributed by atoms with Gasteiger partial charge in [-0.1, -0.05) is 32.0 Å². The third kappa shape index (κ3) is 4.13. The summed E-state index contributed by atoms with van der Waals surface area (Å²) >= 11 is 0. The predicted octanol–water partition coefficient (Wildman–Crippen LogP) is 1.80. The van der Waals surface area contributed by atoms with Crippen molar-refractivity contribution in [2.24, 2.45) is 11.7 Å². The Morgan fingerprint density at radius 3 is 2.67 bits per heavy atom. The Morgan fingerprint density at radius 2 is 2.06 bits per heavy atom. The van der Waals surface area contributed by atoms with Gasteiger partial charge in [-0.25, -0.2) is 0 Å². The zero-order valence-electron chi connectivity index (χ0n) is 11.3. The molecule has 0 saturated heterocycles. The molecule has 0 fully saturated rings. The van der Waals surface area contributed by atoms with E-state index in [4.69, 9.17) is 10.5 Å². The molecular weight excluding hydrogens is 228 g/mol. The van der Waals surface area contributed by atoms with Crippen LogP contribution in [0.25, 0.3) is 0 Å². The average Bonchev–Trinajstić information content (AvgIpc) is 2.36. The van der Waals surface area contributed by atoms with Gasteiger partial charge < -0.3 is 15.8 Å². The smallest absolute Gasteiger partial charge is 0.241 e. The Hall–Kier alpha value is -1.39. The van der Waals surface area contributed by atoms with Crippen LogP contribution in [0.3, 0.4) is 0 Å². The number of carbonyl (C=O) groups excluding carboxylic acids is 1. The minimum Gasteiger partial charge on any atom is -0.384 e. The highest BCUT2D eigenvalue weighted by Crippen LogP contribution is 2.16. The van der Waals surface area contributed by atoms with E-state index in [-0.39, 0.29) is 11.8 Å². The number of nitrogens with one attached hydrogen (secondary N) is 1. The minimum atomic E-state index is -0.486. The first-order valence-electron chi connectivity index (χ1n) is 6.19. The number of carbonyl (C=O) groups is 1. The van der Waals surface area contributed by atoms with Crippen molar-refractivity contribution in [3.05, 3.63) is 29.8 Å². The lowest BCUT2D eigenvalue weighted by atomic mass is 10.0. The van der Waals surface area contributed by atoms with E-state index < -0.39 is 6.04 Å². The number of amides is 1. The number of para-hydroxylation sites is 1. The van der Waals surface area contributed by atoms with Crippen molar-refractivity contribution in [2.45, 2.75) is 26.3 Å². The van der Waals surface area contributed by atoms with Crippen LogP contribution in [-0.2, 0) is 16.0 Å². The molecule has 0 aliphatic heterocycles. The van der Waals surface area contributed by atoms with Gasteiger partial charge in [-0.2, -0.15) is 0 Å². The van der Waals surface area contributed by atoms with Gasteiger partial charge in [0.1, 0.15) is 0 Å². The first kappa shape index (κ1) is 14.7. The van der Waals surface area contributed by atoms with Crippen LogP contribution < -0.4 is 11.1 Å². The van der Waals surface area contributed by atoms with Crippen LogP contribution in [0.5, 0.6) is 0 Å². The number of nitrogens with two attached hydrogens (primary N) is 1. The maximum absolute atomic E-state index is 11.9. The molecule has 4 heteroatoms. The van der Waals surface area contributed by atoms with Gasteiger partial charge in [-0.15, -0.1) is 0 Å². The van der Waals surface area contributed by atoms with E-state index in [9.17, 15) is 4.79 Å². The summed E-state index contributed by atoms with van der Waals surface area (Å²) in [6, 6.07) is 7.22. The fraction of sp³-hybridized carbons (Fsp3) is 0.500. The molecule has 3 N–H and O–H groups in total. The first-order valence-corrected chi connectivity index (χ1v) is 6.19. The maximum atomic E-state index is 11.9. The molecule has 1 aromatic rings. The molecule has 0 aromatic heterocycles. The molecule has 18 heavy (non-hydrogen) atoms. The molecule has 0 spiro atoms. The van der Waals surface area contributed by atoms with Crippen molar-refractivity contribution in [3.8, 4) is 0 Å². The van der Waals surface area contributed by atoms with Crippen LogP contribution in [0.1, 0.15) is 19.4 Å². The summed E-state index contributed by atoms with van der Waals surface area (Å²) in [5.41, 5.74) is 7.70. The van der Waals surface area contributed by atoms with Crippen molar-refractivity contribution >= 4 is 11.6 Å². The van der Waals surface area contributed by atoms with Crippen molar-refractivity contribution in [3.63, 3.8) is 0 Å². The van der Waals surface area contributed by atoms with Crippen LogP contribution in [-0.4, -0.2) is 25.7 Å². The summed E-state index contributed by atoms with van der Waals surface area (Å²) < 4.78 is 5.05. The molecule has 100 valence electrons. The zero-order chi connectivity index (χ0) is 13.5. The Bertz CT molecular complexity index is 391. The summed E-state index contributed by atoms with van der Waals surface area (Å²) in [6.07, 6.45) is 0.768. The van der Waals surface area contributed by atoms with Crippen LogP contribution in [0.4, 0.5) is 5.69 Å². The Labute approximate surface area is 109 Å². The average molecular weight is 250 g/mol. The van der Waals surface area contributed by atoms with E-state index in [1.807, 2.05) is 38.1 Å². The summed E-state index contributed by atoms with van der Waals surface area (Å²) in [6.45, 7) is 4.49. The van der Waals surface area contributed by atoms with Gasteiger partial charge in [-0.05, 0) is 24.0 Å². The summed E-state index contributed by atoms with van der Waals surface area (Å²) in [5, 5.41) is 2.88. The number of benzene rings is 1. The van der Waals surface area contributed by atoms with Crippen molar-refractivity contribution in [1.82, 2.24) is 0 Å². The largest absolute Gasteiger partial charge is 0.384 e. The maximum Gasteiger partial charge on any atom is 0.241 e. The SMILES string of the molecule is COCCc1ccccc1NC(=O)[C@H](N)C(C)C. The Morgan fingerprint density at radius 1 is 1.39 bits per heavy atom. The van der Waals surface area contributed by atoms with E-state index in [0.29, 0.717) is 6.61 Å².